The van der Waals surface area contributed by atoms with Crippen LogP contribution in [0.1, 0.15) is 22.6 Å². The van der Waals surface area contributed by atoms with E-state index in [4.69, 9.17) is 27.6 Å². The van der Waals surface area contributed by atoms with Crippen molar-refractivity contribution in [3.05, 3.63) is 58.8 Å². The summed E-state index contributed by atoms with van der Waals surface area (Å²) in [5.41, 5.74) is 15.2. The molecule has 0 radical (unpaired) electrons. The number of anilines is 2. The van der Waals surface area contributed by atoms with Gasteiger partial charge in [-0.05, 0) is 38.1 Å². The Balaban J connectivity index is 1.17. The van der Waals surface area contributed by atoms with Crippen LogP contribution in [0.15, 0.2) is 41.1 Å². The molecule has 6 heterocycles. The maximum Gasteiger partial charge on any atom is 0.266 e. The highest BCUT2D eigenvalue weighted by molar-refractivity contribution is 6.40. The number of primary amides is 1. The molecule has 0 aliphatic carbocycles. The molecule has 1 aliphatic heterocycles. The molecule has 0 bridgehead atoms. The van der Waals surface area contributed by atoms with Crippen molar-refractivity contribution in [1.29, 1.82) is 0 Å². The number of aromatic nitrogens is 7. The molecular weight excluding hydrogens is 577 g/mol. The average molecular weight is 604 g/mol. The summed E-state index contributed by atoms with van der Waals surface area (Å²) in [6.45, 7) is 5.54. The third-order valence-electron chi connectivity index (χ3n) is 7.86. The van der Waals surface area contributed by atoms with Crippen LogP contribution >= 0.6 is 11.6 Å². The predicted octanol–water partition coefficient (Wildman–Crippen LogP) is 3.28. The van der Waals surface area contributed by atoms with Crippen molar-refractivity contribution in [3.8, 4) is 11.5 Å². The van der Waals surface area contributed by atoms with Crippen molar-refractivity contribution < 1.29 is 13.7 Å². The van der Waals surface area contributed by atoms with Gasteiger partial charge in [0.1, 0.15) is 22.9 Å². The van der Waals surface area contributed by atoms with Gasteiger partial charge in [-0.3, -0.25) is 14.7 Å². The third-order valence-corrected chi connectivity index (χ3v) is 8.23. The standard InChI is InChI=1S/C28H27ClFN11O2/c1-15-16-13-19(17(30)14-20(16)43-37-15)39-8-4-7-38(9-11-39)10-12-40-23(24(31)42)22(29)21-26(40)35-28(32)41-27(21)34-25(36-41)18-5-2-3-6-33-18/h2-3,5-6,13-14H,4,7-12H2,1H3,(H2,31,42)(H2,32,35). The average Bonchev–Trinajstić information content (AvgIpc) is 3.61. The minimum Gasteiger partial charge on any atom is -0.368 e. The number of carbonyl (C=O) groups excluding carboxylic acids is 1. The molecule has 1 amide bonds. The monoisotopic (exact) mass is 603 g/mol. The first-order chi connectivity index (χ1) is 20.8. The van der Waals surface area contributed by atoms with E-state index in [9.17, 15) is 9.18 Å². The lowest BCUT2D eigenvalue weighted by Gasteiger charge is -2.24. The number of halogens is 2. The Morgan fingerprint density at radius 3 is 2.77 bits per heavy atom. The molecule has 43 heavy (non-hydrogen) atoms. The van der Waals surface area contributed by atoms with Crippen LogP contribution in [0.5, 0.6) is 0 Å². The van der Waals surface area contributed by atoms with Crippen LogP contribution in [0.25, 0.3) is 39.2 Å². The van der Waals surface area contributed by atoms with Crippen molar-refractivity contribution in [1.82, 2.24) is 39.2 Å². The number of hydrogen-bond acceptors (Lipinski definition) is 10. The summed E-state index contributed by atoms with van der Waals surface area (Å²) in [7, 11) is 0. The maximum atomic E-state index is 15.0. The van der Waals surface area contributed by atoms with E-state index in [1.165, 1.54) is 10.6 Å². The number of carbonyl (C=O) groups is 1. The Kier molecular flexibility index (Phi) is 6.58. The molecule has 0 saturated carbocycles. The molecule has 15 heteroatoms. The van der Waals surface area contributed by atoms with Crippen LogP contribution in [0.2, 0.25) is 5.02 Å². The Hall–Kier alpha value is -4.82. The Morgan fingerprint density at radius 1 is 1.12 bits per heavy atom. The van der Waals surface area contributed by atoms with E-state index in [-0.39, 0.29) is 22.5 Å². The van der Waals surface area contributed by atoms with Gasteiger partial charge in [-0.15, -0.1) is 5.10 Å². The molecule has 1 fully saturated rings. The van der Waals surface area contributed by atoms with E-state index >= 15 is 0 Å². The number of aryl methyl sites for hydroxylation is 1. The van der Waals surface area contributed by atoms with Crippen LogP contribution in [0.3, 0.4) is 0 Å². The predicted molar refractivity (Wildman–Crippen MR) is 159 cm³/mol. The summed E-state index contributed by atoms with van der Waals surface area (Å²) in [6.07, 6.45) is 2.46. The molecule has 1 aromatic carbocycles. The molecule has 6 aromatic rings. The fourth-order valence-corrected chi connectivity index (χ4v) is 6.09. The number of hydrogen-bond donors (Lipinski definition) is 2. The Labute approximate surface area is 248 Å². The number of nitrogens with two attached hydrogens (primary N) is 2. The van der Waals surface area contributed by atoms with Gasteiger partial charge in [-0.1, -0.05) is 22.8 Å². The second kappa shape index (κ2) is 10.5. The lowest BCUT2D eigenvalue weighted by molar-refractivity contribution is 0.0991. The van der Waals surface area contributed by atoms with E-state index in [2.05, 4.69) is 30.1 Å². The largest absolute Gasteiger partial charge is 0.368 e. The zero-order valence-corrected chi connectivity index (χ0v) is 23.9. The van der Waals surface area contributed by atoms with Gasteiger partial charge >= 0.3 is 0 Å². The number of pyridine rings is 1. The number of nitrogen functional groups attached to an aromatic ring is 1. The van der Waals surface area contributed by atoms with Gasteiger partial charge in [0.25, 0.3) is 5.91 Å². The smallest absolute Gasteiger partial charge is 0.266 e. The molecular formula is C28H27ClFN11O2. The van der Waals surface area contributed by atoms with Crippen LogP contribution in [0.4, 0.5) is 16.0 Å². The van der Waals surface area contributed by atoms with E-state index in [0.717, 1.165) is 24.0 Å². The number of nitrogens with zero attached hydrogens (tertiary/aromatic N) is 9. The molecule has 0 spiro atoms. The molecule has 0 unspecified atom stereocenters. The van der Waals surface area contributed by atoms with Gasteiger partial charge in [0.05, 0.1) is 21.8 Å². The lowest BCUT2D eigenvalue weighted by atomic mass is 10.1. The van der Waals surface area contributed by atoms with Crippen molar-refractivity contribution in [2.24, 2.45) is 5.73 Å². The number of amides is 1. The molecule has 1 aliphatic rings. The van der Waals surface area contributed by atoms with Crippen molar-refractivity contribution in [2.75, 3.05) is 43.4 Å². The summed E-state index contributed by atoms with van der Waals surface area (Å²) in [4.78, 5) is 30.4. The summed E-state index contributed by atoms with van der Waals surface area (Å²) in [5.74, 6) is -0.613. The first kappa shape index (κ1) is 27.0. The third kappa shape index (κ3) is 4.58. The minimum absolute atomic E-state index is 0.0797. The summed E-state index contributed by atoms with van der Waals surface area (Å²) in [5, 5.41) is 9.78. The van der Waals surface area contributed by atoms with Gasteiger partial charge in [0.15, 0.2) is 11.2 Å². The lowest BCUT2D eigenvalue weighted by Crippen LogP contribution is -2.33. The maximum absolute atomic E-state index is 15.0. The van der Waals surface area contributed by atoms with Crippen molar-refractivity contribution >= 4 is 56.8 Å². The second-order valence-corrected chi connectivity index (χ2v) is 10.9. The van der Waals surface area contributed by atoms with Crippen LogP contribution < -0.4 is 16.4 Å². The summed E-state index contributed by atoms with van der Waals surface area (Å²) >= 11 is 6.77. The molecule has 0 atom stereocenters. The molecule has 5 aromatic heterocycles. The van der Waals surface area contributed by atoms with Gasteiger partial charge in [0.2, 0.25) is 11.8 Å². The van der Waals surface area contributed by atoms with E-state index < -0.39 is 5.91 Å². The summed E-state index contributed by atoms with van der Waals surface area (Å²) in [6, 6.07) is 8.60. The quantitative estimate of drug-likeness (QED) is 0.289. The van der Waals surface area contributed by atoms with Crippen molar-refractivity contribution in [3.63, 3.8) is 0 Å². The SMILES string of the molecule is Cc1noc2cc(F)c(N3CCCN(CCn4c(C(N)=O)c(Cl)c5c4nc(N)n4nc(-c6ccccn6)nc54)CC3)cc12. The fraction of sp³-hybridized carbons (Fsp3) is 0.286. The zero-order valence-electron chi connectivity index (χ0n) is 23.2. The first-order valence-electron chi connectivity index (χ1n) is 13.8. The fourth-order valence-electron chi connectivity index (χ4n) is 5.73. The van der Waals surface area contributed by atoms with Gasteiger partial charge in [-0.25, -0.2) is 9.37 Å². The summed E-state index contributed by atoms with van der Waals surface area (Å²) < 4.78 is 23.3. The molecule has 220 valence electrons. The topological polar surface area (TPSA) is 163 Å². The second-order valence-electron chi connectivity index (χ2n) is 10.5. The highest BCUT2D eigenvalue weighted by atomic mass is 35.5. The molecule has 4 N–H and O–H groups in total. The minimum atomic E-state index is -0.693. The van der Waals surface area contributed by atoms with Crippen LogP contribution in [0, 0.1) is 12.7 Å². The van der Waals surface area contributed by atoms with Gasteiger partial charge in [-0.2, -0.15) is 9.50 Å². The van der Waals surface area contributed by atoms with Crippen LogP contribution in [-0.4, -0.2) is 77.8 Å². The number of fused-ring (bicyclic) bond motifs is 4. The number of rotatable bonds is 6. The molecule has 7 rings (SSSR count). The van der Waals surface area contributed by atoms with E-state index in [1.54, 1.807) is 29.0 Å². The van der Waals surface area contributed by atoms with E-state index in [0.29, 0.717) is 72.2 Å². The number of benzene rings is 1. The molecule has 13 nitrogen and oxygen atoms in total. The highest BCUT2D eigenvalue weighted by Crippen LogP contribution is 2.34. The zero-order chi connectivity index (χ0) is 29.8. The Bertz CT molecular complexity index is 2020. The normalized spacial score (nSPS) is 14.7. The van der Waals surface area contributed by atoms with Crippen LogP contribution in [-0.2, 0) is 6.54 Å². The first-order valence-corrected chi connectivity index (χ1v) is 14.2. The highest BCUT2D eigenvalue weighted by Gasteiger charge is 2.27. The molecule has 1 saturated heterocycles. The Morgan fingerprint density at radius 2 is 1.98 bits per heavy atom. The van der Waals surface area contributed by atoms with E-state index in [1.807, 2.05) is 17.9 Å². The van der Waals surface area contributed by atoms with Gasteiger partial charge in [0, 0.05) is 50.4 Å². The van der Waals surface area contributed by atoms with Gasteiger partial charge < -0.3 is 25.5 Å². The van der Waals surface area contributed by atoms with Crippen molar-refractivity contribution in [2.45, 2.75) is 19.9 Å².